The standard InChI is InChI=1S/C7H7BrINO/c8-7-6(11)3-5(1-2-9)4-10-7/h3-4,11H,1-2H2. The maximum absolute atomic E-state index is 9.21. The molecule has 60 valence electrons. The molecular formula is C7H7BrINO. The molecule has 1 rings (SSSR count). The summed E-state index contributed by atoms with van der Waals surface area (Å²) in [4.78, 5) is 3.96. The van der Waals surface area contributed by atoms with E-state index in [1.165, 1.54) is 0 Å². The normalized spacial score (nSPS) is 10.0. The summed E-state index contributed by atoms with van der Waals surface area (Å²) in [5, 5.41) is 9.21. The molecule has 0 fully saturated rings. The lowest BCUT2D eigenvalue weighted by molar-refractivity contribution is 0.467. The molecule has 1 N–H and O–H groups in total. The van der Waals surface area contributed by atoms with Crippen LogP contribution in [-0.2, 0) is 6.42 Å². The van der Waals surface area contributed by atoms with Gasteiger partial charge in [-0.2, -0.15) is 0 Å². The first kappa shape index (κ1) is 9.25. The first-order valence-electron chi connectivity index (χ1n) is 3.13. The maximum atomic E-state index is 9.21. The molecule has 0 atom stereocenters. The third kappa shape index (κ3) is 2.59. The number of rotatable bonds is 2. The van der Waals surface area contributed by atoms with E-state index in [1.807, 2.05) is 0 Å². The summed E-state index contributed by atoms with van der Waals surface area (Å²) >= 11 is 5.41. The monoisotopic (exact) mass is 327 g/mol. The SMILES string of the molecule is Oc1cc(CCI)cnc1Br. The fourth-order valence-electron chi connectivity index (χ4n) is 0.724. The second-order valence-corrected chi connectivity index (χ2v) is 3.92. The molecule has 0 spiro atoms. The van der Waals surface area contributed by atoms with E-state index in [9.17, 15) is 5.11 Å². The van der Waals surface area contributed by atoms with Gasteiger partial charge < -0.3 is 5.11 Å². The number of nitrogens with zero attached hydrogens (tertiary/aromatic N) is 1. The Morgan fingerprint density at radius 1 is 1.64 bits per heavy atom. The first-order chi connectivity index (χ1) is 5.24. The zero-order valence-corrected chi connectivity index (χ0v) is 9.46. The Labute approximate surface area is 87.3 Å². The molecule has 2 nitrogen and oxygen atoms in total. The van der Waals surface area contributed by atoms with Crippen LogP contribution in [0.15, 0.2) is 16.9 Å². The van der Waals surface area contributed by atoms with E-state index >= 15 is 0 Å². The first-order valence-corrected chi connectivity index (χ1v) is 5.45. The van der Waals surface area contributed by atoms with Gasteiger partial charge in [0.05, 0.1) is 0 Å². The number of aromatic nitrogens is 1. The number of aryl methyl sites for hydroxylation is 1. The lowest BCUT2D eigenvalue weighted by Crippen LogP contribution is -1.87. The predicted molar refractivity (Wildman–Crippen MR) is 56.2 cm³/mol. The summed E-state index contributed by atoms with van der Waals surface area (Å²) < 4.78 is 1.55. The Hall–Kier alpha value is 0.160. The maximum Gasteiger partial charge on any atom is 0.148 e. The second-order valence-electron chi connectivity index (χ2n) is 2.09. The summed E-state index contributed by atoms with van der Waals surface area (Å²) in [5.41, 5.74) is 1.07. The largest absolute Gasteiger partial charge is 0.505 e. The van der Waals surface area contributed by atoms with Gasteiger partial charge in [0.25, 0.3) is 0 Å². The van der Waals surface area contributed by atoms with Crippen molar-refractivity contribution in [2.45, 2.75) is 6.42 Å². The van der Waals surface area contributed by atoms with Gasteiger partial charge >= 0.3 is 0 Å². The highest BCUT2D eigenvalue weighted by molar-refractivity contribution is 14.1. The average Bonchev–Trinajstić information content (AvgIpc) is 1.98. The minimum Gasteiger partial charge on any atom is -0.505 e. The number of pyridine rings is 1. The molecule has 0 aliphatic heterocycles. The summed E-state index contributed by atoms with van der Waals surface area (Å²) in [5.74, 6) is 0.215. The van der Waals surface area contributed by atoms with Crippen LogP contribution in [0.3, 0.4) is 0 Å². The van der Waals surface area contributed by atoms with Crippen LogP contribution < -0.4 is 0 Å². The molecule has 0 unspecified atom stereocenters. The minimum absolute atomic E-state index is 0.215. The van der Waals surface area contributed by atoms with E-state index in [-0.39, 0.29) is 5.75 Å². The molecule has 0 aliphatic rings. The Morgan fingerprint density at radius 2 is 2.36 bits per heavy atom. The van der Waals surface area contributed by atoms with Crippen molar-refractivity contribution in [3.05, 3.63) is 22.4 Å². The summed E-state index contributed by atoms with van der Waals surface area (Å²) in [6.07, 6.45) is 2.72. The predicted octanol–water partition coefficient (Wildman–Crippen LogP) is 2.53. The highest BCUT2D eigenvalue weighted by Gasteiger charge is 1.99. The van der Waals surface area contributed by atoms with Gasteiger partial charge in [0.15, 0.2) is 0 Å². The Bertz CT molecular complexity index is 254. The van der Waals surface area contributed by atoms with Crippen LogP contribution in [-0.4, -0.2) is 14.5 Å². The van der Waals surface area contributed by atoms with Gasteiger partial charge in [-0.3, -0.25) is 0 Å². The molecule has 1 heterocycles. The molecule has 0 saturated carbocycles. The number of hydrogen-bond acceptors (Lipinski definition) is 2. The second kappa shape index (κ2) is 4.25. The van der Waals surface area contributed by atoms with Gasteiger partial charge in [0, 0.05) is 10.6 Å². The zero-order chi connectivity index (χ0) is 8.27. The third-order valence-corrected chi connectivity index (χ3v) is 2.41. The molecule has 0 bridgehead atoms. The summed E-state index contributed by atoms with van der Waals surface area (Å²) in [6, 6.07) is 1.73. The van der Waals surface area contributed by atoms with E-state index in [4.69, 9.17) is 0 Å². The van der Waals surface area contributed by atoms with Crippen molar-refractivity contribution >= 4 is 38.5 Å². The van der Waals surface area contributed by atoms with Crippen molar-refractivity contribution in [1.29, 1.82) is 0 Å². The molecule has 0 aliphatic carbocycles. The van der Waals surface area contributed by atoms with Gasteiger partial charge in [-0.15, -0.1) is 0 Å². The van der Waals surface area contributed by atoms with Crippen molar-refractivity contribution in [2.24, 2.45) is 0 Å². The molecule has 0 aromatic carbocycles. The van der Waals surface area contributed by atoms with Crippen molar-refractivity contribution in [3.63, 3.8) is 0 Å². The lowest BCUT2D eigenvalue weighted by Gasteiger charge is -1.99. The van der Waals surface area contributed by atoms with Gasteiger partial charge in [-0.1, -0.05) is 22.6 Å². The third-order valence-electron chi connectivity index (χ3n) is 1.26. The quantitative estimate of drug-likeness (QED) is 0.514. The van der Waals surface area contributed by atoms with Crippen LogP contribution in [0.2, 0.25) is 0 Å². The zero-order valence-electron chi connectivity index (χ0n) is 5.72. The van der Waals surface area contributed by atoms with Crippen molar-refractivity contribution < 1.29 is 5.11 Å². The van der Waals surface area contributed by atoms with Gasteiger partial charge in [0.1, 0.15) is 10.4 Å². The van der Waals surface area contributed by atoms with Crippen LogP contribution >= 0.6 is 38.5 Å². The molecule has 0 amide bonds. The van der Waals surface area contributed by atoms with E-state index < -0.39 is 0 Å². The van der Waals surface area contributed by atoms with E-state index in [0.717, 1.165) is 16.4 Å². The Morgan fingerprint density at radius 3 is 2.91 bits per heavy atom. The van der Waals surface area contributed by atoms with Crippen LogP contribution in [0.5, 0.6) is 5.75 Å². The number of hydrogen-bond donors (Lipinski definition) is 1. The molecule has 1 aromatic heterocycles. The number of aromatic hydroxyl groups is 1. The van der Waals surface area contributed by atoms with Crippen LogP contribution in [0, 0.1) is 0 Å². The topological polar surface area (TPSA) is 33.1 Å². The average molecular weight is 328 g/mol. The molecule has 4 heteroatoms. The molecular weight excluding hydrogens is 321 g/mol. The van der Waals surface area contributed by atoms with Gasteiger partial charge in [0.2, 0.25) is 0 Å². The highest BCUT2D eigenvalue weighted by Crippen LogP contribution is 2.21. The van der Waals surface area contributed by atoms with Crippen LogP contribution in [0.4, 0.5) is 0 Å². The van der Waals surface area contributed by atoms with Crippen LogP contribution in [0.1, 0.15) is 5.56 Å². The van der Waals surface area contributed by atoms with E-state index in [0.29, 0.717) is 4.60 Å². The number of halogens is 2. The van der Waals surface area contributed by atoms with E-state index in [2.05, 4.69) is 43.5 Å². The van der Waals surface area contributed by atoms with Crippen molar-refractivity contribution in [1.82, 2.24) is 4.98 Å². The Balaban J connectivity index is 2.86. The van der Waals surface area contributed by atoms with Crippen molar-refractivity contribution in [2.75, 3.05) is 4.43 Å². The Kier molecular flexibility index (Phi) is 3.58. The van der Waals surface area contributed by atoms with Gasteiger partial charge in [-0.25, -0.2) is 4.98 Å². The molecule has 0 saturated heterocycles. The van der Waals surface area contributed by atoms with Gasteiger partial charge in [-0.05, 0) is 34.0 Å². The highest BCUT2D eigenvalue weighted by atomic mass is 127. The van der Waals surface area contributed by atoms with E-state index in [1.54, 1.807) is 12.3 Å². The minimum atomic E-state index is 0.215. The lowest BCUT2D eigenvalue weighted by atomic mass is 10.2. The summed E-state index contributed by atoms with van der Waals surface area (Å²) in [6.45, 7) is 0. The molecule has 0 radical (unpaired) electrons. The van der Waals surface area contributed by atoms with Crippen molar-refractivity contribution in [3.8, 4) is 5.75 Å². The smallest absolute Gasteiger partial charge is 0.148 e. The summed E-state index contributed by atoms with van der Waals surface area (Å²) in [7, 11) is 0. The van der Waals surface area contributed by atoms with Crippen LogP contribution in [0.25, 0.3) is 0 Å². The molecule has 1 aromatic rings. The number of alkyl halides is 1. The molecule has 11 heavy (non-hydrogen) atoms. The fourth-order valence-corrected chi connectivity index (χ4v) is 1.56. The fraction of sp³-hybridized carbons (Fsp3) is 0.286.